The van der Waals surface area contributed by atoms with E-state index in [1.165, 1.54) is 4.88 Å². The van der Waals surface area contributed by atoms with Gasteiger partial charge in [0, 0.05) is 30.4 Å². The second kappa shape index (κ2) is 9.97. The van der Waals surface area contributed by atoms with Gasteiger partial charge in [0.1, 0.15) is 12.4 Å². The van der Waals surface area contributed by atoms with E-state index in [4.69, 9.17) is 4.99 Å². The Labute approximate surface area is 164 Å². The van der Waals surface area contributed by atoms with Crippen LogP contribution < -0.4 is 10.6 Å². The maximum atomic E-state index is 4.72. The predicted octanol–water partition coefficient (Wildman–Crippen LogP) is 2.95. The van der Waals surface area contributed by atoms with E-state index in [1.54, 1.807) is 11.3 Å². The van der Waals surface area contributed by atoms with Gasteiger partial charge in [-0.15, -0.1) is 21.5 Å². The van der Waals surface area contributed by atoms with Gasteiger partial charge < -0.3 is 15.2 Å². The van der Waals surface area contributed by atoms with Crippen molar-refractivity contribution in [2.75, 3.05) is 25.1 Å². The number of guanidine groups is 1. The number of nitrogens with one attached hydrogen (secondary N) is 2. The molecule has 0 saturated carbocycles. The molecule has 0 saturated heterocycles. The van der Waals surface area contributed by atoms with Gasteiger partial charge in [-0.05, 0) is 36.8 Å². The van der Waals surface area contributed by atoms with Gasteiger partial charge >= 0.3 is 0 Å². The molecule has 0 bridgehead atoms. The number of rotatable bonds is 9. The minimum absolute atomic E-state index is 0.0528. The van der Waals surface area contributed by atoms with E-state index in [1.807, 2.05) is 30.3 Å². The van der Waals surface area contributed by atoms with Gasteiger partial charge in [0.25, 0.3) is 0 Å². The van der Waals surface area contributed by atoms with Crippen molar-refractivity contribution in [2.24, 2.45) is 12.0 Å². The van der Waals surface area contributed by atoms with Crippen molar-refractivity contribution in [3.63, 3.8) is 0 Å². The van der Waals surface area contributed by atoms with Gasteiger partial charge in [-0.25, -0.2) is 4.99 Å². The van der Waals surface area contributed by atoms with Gasteiger partial charge in [-0.2, -0.15) is 11.8 Å². The predicted molar refractivity (Wildman–Crippen MR) is 113 cm³/mol. The molecular weight excluding hydrogens is 364 g/mol. The summed E-state index contributed by atoms with van der Waals surface area (Å²) in [6.45, 7) is 8.69. The first-order valence-electron chi connectivity index (χ1n) is 8.84. The third kappa shape index (κ3) is 6.02. The molecule has 2 rings (SSSR count). The number of aliphatic imine (C=N–C) groups is 1. The molecule has 0 aromatic carbocycles. The molecule has 0 fully saturated rings. The molecule has 0 amide bonds. The van der Waals surface area contributed by atoms with E-state index in [0.29, 0.717) is 6.54 Å². The Morgan fingerprint density at radius 2 is 2.15 bits per heavy atom. The SMILES string of the molecule is CSCCCNC(=NCc1nnc(C)n1C)NCC(C)(C)c1cccs1. The monoisotopic (exact) mass is 394 g/mol. The van der Waals surface area contributed by atoms with E-state index in [9.17, 15) is 0 Å². The second-order valence-corrected chi connectivity index (χ2v) is 8.81. The van der Waals surface area contributed by atoms with Crippen molar-refractivity contribution in [1.29, 1.82) is 0 Å². The van der Waals surface area contributed by atoms with Crippen LogP contribution in [-0.2, 0) is 19.0 Å². The molecule has 144 valence electrons. The smallest absolute Gasteiger partial charge is 0.191 e. The average molecular weight is 395 g/mol. The van der Waals surface area contributed by atoms with E-state index in [2.05, 4.69) is 58.4 Å². The van der Waals surface area contributed by atoms with Crippen molar-refractivity contribution < 1.29 is 0 Å². The quantitative estimate of drug-likeness (QED) is 0.389. The molecule has 0 aliphatic rings. The highest BCUT2D eigenvalue weighted by Gasteiger charge is 2.22. The number of nitrogens with zero attached hydrogens (tertiary/aromatic N) is 4. The number of aromatic nitrogens is 3. The summed E-state index contributed by atoms with van der Waals surface area (Å²) in [6, 6.07) is 4.30. The summed E-state index contributed by atoms with van der Waals surface area (Å²) in [5.74, 6) is 3.74. The van der Waals surface area contributed by atoms with Crippen LogP contribution >= 0.6 is 23.1 Å². The van der Waals surface area contributed by atoms with Crippen LogP contribution in [0.4, 0.5) is 0 Å². The van der Waals surface area contributed by atoms with E-state index < -0.39 is 0 Å². The van der Waals surface area contributed by atoms with E-state index in [0.717, 1.165) is 42.9 Å². The Bertz CT molecular complexity index is 691. The fourth-order valence-electron chi connectivity index (χ4n) is 2.39. The number of hydrogen-bond acceptors (Lipinski definition) is 5. The first-order chi connectivity index (χ1) is 12.4. The van der Waals surface area contributed by atoms with Gasteiger partial charge in [0.2, 0.25) is 0 Å². The third-order valence-electron chi connectivity index (χ3n) is 4.26. The normalized spacial score (nSPS) is 12.4. The fraction of sp³-hybridized carbons (Fsp3) is 0.611. The third-order valence-corrected chi connectivity index (χ3v) is 6.20. The van der Waals surface area contributed by atoms with Gasteiger partial charge in [-0.1, -0.05) is 19.9 Å². The van der Waals surface area contributed by atoms with Crippen LogP contribution in [0.25, 0.3) is 0 Å². The summed E-state index contributed by atoms with van der Waals surface area (Å²) >= 11 is 3.66. The maximum Gasteiger partial charge on any atom is 0.191 e. The number of hydrogen-bond donors (Lipinski definition) is 2. The Morgan fingerprint density at radius 1 is 1.35 bits per heavy atom. The lowest BCUT2D eigenvalue weighted by molar-refractivity contribution is 0.518. The first kappa shape index (κ1) is 20.8. The summed E-state index contributed by atoms with van der Waals surface area (Å²) < 4.78 is 1.98. The lowest BCUT2D eigenvalue weighted by Gasteiger charge is -2.25. The Morgan fingerprint density at radius 3 is 2.77 bits per heavy atom. The molecule has 2 aromatic heterocycles. The standard InChI is InChI=1S/C18H30N6S2/c1-14-22-23-16(24(14)4)12-20-17(19-9-7-10-25-5)21-13-18(2,3)15-8-6-11-26-15/h6,8,11H,7,9-10,12-13H2,1-5H3,(H2,19,20,21). The van der Waals surface area contributed by atoms with Crippen LogP contribution in [0, 0.1) is 6.92 Å². The largest absolute Gasteiger partial charge is 0.356 e. The first-order valence-corrected chi connectivity index (χ1v) is 11.1. The molecule has 0 atom stereocenters. The average Bonchev–Trinajstić information content (AvgIpc) is 3.26. The van der Waals surface area contributed by atoms with Crippen LogP contribution in [0.5, 0.6) is 0 Å². The molecule has 2 aromatic rings. The number of thioether (sulfide) groups is 1. The van der Waals surface area contributed by atoms with Crippen molar-refractivity contribution in [3.8, 4) is 0 Å². The summed E-state index contributed by atoms with van der Waals surface area (Å²) in [6.07, 6.45) is 3.24. The lowest BCUT2D eigenvalue weighted by atomic mass is 9.91. The molecule has 2 heterocycles. The molecule has 0 spiro atoms. The summed E-state index contributed by atoms with van der Waals surface area (Å²) in [5.41, 5.74) is 0.0528. The highest BCUT2D eigenvalue weighted by molar-refractivity contribution is 7.98. The second-order valence-electron chi connectivity index (χ2n) is 6.88. The molecule has 0 radical (unpaired) electrons. The summed E-state index contributed by atoms with van der Waals surface area (Å²) in [4.78, 5) is 6.09. The van der Waals surface area contributed by atoms with E-state index in [-0.39, 0.29) is 5.41 Å². The molecule has 26 heavy (non-hydrogen) atoms. The van der Waals surface area contributed by atoms with Crippen molar-refractivity contribution in [2.45, 2.75) is 39.2 Å². The topological polar surface area (TPSA) is 67.1 Å². The molecule has 0 aliphatic carbocycles. The van der Waals surface area contributed by atoms with Crippen LogP contribution in [0.1, 0.15) is 36.8 Å². The van der Waals surface area contributed by atoms with Gasteiger partial charge in [0.15, 0.2) is 11.8 Å². The number of thiophene rings is 1. The van der Waals surface area contributed by atoms with Gasteiger partial charge in [0.05, 0.1) is 0 Å². The highest BCUT2D eigenvalue weighted by atomic mass is 32.2. The van der Waals surface area contributed by atoms with Crippen LogP contribution in [0.15, 0.2) is 22.5 Å². The zero-order chi connectivity index (χ0) is 19.0. The Balaban J connectivity index is 2.00. The molecule has 0 aliphatic heterocycles. The van der Waals surface area contributed by atoms with Crippen LogP contribution in [-0.4, -0.2) is 45.8 Å². The summed E-state index contributed by atoms with van der Waals surface area (Å²) in [7, 11) is 1.97. The molecule has 2 N–H and O–H groups in total. The van der Waals surface area contributed by atoms with E-state index >= 15 is 0 Å². The van der Waals surface area contributed by atoms with Crippen molar-refractivity contribution in [3.05, 3.63) is 34.0 Å². The highest BCUT2D eigenvalue weighted by Crippen LogP contribution is 2.26. The minimum Gasteiger partial charge on any atom is -0.356 e. The van der Waals surface area contributed by atoms with Crippen LogP contribution in [0.2, 0.25) is 0 Å². The summed E-state index contributed by atoms with van der Waals surface area (Å²) in [5, 5.41) is 17.4. The lowest BCUT2D eigenvalue weighted by Crippen LogP contribution is -2.43. The van der Waals surface area contributed by atoms with Crippen molar-refractivity contribution in [1.82, 2.24) is 25.4 Å². The Hall–Kier alpha value is -1.54. The van der Waals surface area contributed by atoms with Crippen molar-refractivity contribution >= 4 is 29.1 Å². The van der Waals surface area contributed by atoms with Crippen LogP contribution in [0.3, 0.4) is 0 Å². The molecule has 0 unspecified atom stereocenters. The minimum atomic E-state index is 0.0528. The maximum absolute atomic E-state index is 4.72. The zero-order valence-electron chi connectivity index (χ0n) is 16.4. The molecule has 6 nitrogen and oxygen atoms in total. The molecule has 8 heteroatoms. The number of aryl methyl sites for hydroxylation is 1. The van der Waals surface area contributed by atoms with Gasteiger partial charge in [-0.3, -0.25) is 0 Å². The Kier molecular flexibility index (Phi) is 7.96. The fourth-order valence-corrected chi connectivity index (χ4v) is 3.68. The zero-order valence-corrected chi connectivity index (χ0v) is 18.0. The molecular formula is C18H30N6S2.